The van der Waals surface area contributed by atoms with E-state index in [1.54, 1.807) is 0 Å². The lowest BCUT2D eigenvalue weighted by atomic mass is 10.0. The molecule has 0 saturated heterocycles. The Morgan fingerprint density at radius 1 is 1.36 bits per heavy atom. The van der Waals surface area contributed by atoms with Crippen molar-refractivity contribution in [3.05, 3.63) is 0 Å². The molecule has 1 amide bonds. The van der Waals surface area contributed by atoms with Crippen LogP contribution in [0.1, 0.15) is 40.5 Å². The van der Waals surface area contributed by atoms with Gasteiger partial charge in [0.15, 0.2) is 0 Å². The smallest absolute Gasteiger partial charge is 0.219 e. The molecule has 0 fully saturated rings. The predicted molar refractivity (Wildman–Crippen MR) is 47.4 cm³/mol. The van der Waals surface area contributed by atoms with Crippen molar-refractivity contribution in [2.45, 2.75) is 46.6 Å². The molecule has 0 aromatic rings. The van der Waals surface area contributed by atoms with Crippen LogP contribution in [-0.2, 0) is 4.79 Å². The molecule has 0 aliphatic carbocycles. The zero-order valence-electron chi connectivity index (χ0n) is 7.98. The topological polar surface area (TPSA) is 29.1 Å². The third-order valence-electron chi connectivity index (χ3n) is 2.21. The van der Waals surface area contributed by atoms with Crippen LogP contribution in [-0.4, -0.2) is 11.9 Å². The maximum absolute atomic E-state index is 10.9. The van der Waals surface area contributed by atoms with Crippen molar-refractivity contribution in [1.82, 2.24) is 5.32 Å². The number of carbonyl (C=O) groups excluding carboxylic acids is 1. The van der Waals surface area contributed by atoms with Crippen LogP contribution in [0.5, 0.6) is 0 Å². The minimum absolute atomic E-state index is 0.151. The van der Waals surface area contributed by atoms with Crippen molar-refractivity contribution >= 4 is 5.91 Å². The molecule has 2 atom stereocenters. The van der Waals surface area contributed by atoms with E-state index in [9.17, 15) is 4.79 Å². The number of carbonyl (C=O) groups is 1. The van der Waals surface area contributed by atoms with E-state index in [-0.39, 0.29) is 5.91 Å². The summed E-state index contributed by atoms with van der Waals surface area (Å²) in [6, 6.07) is 0.312. The quantitative estimate of drug-likeness (QED) is 0.664. The Morgan fingerprint density at radius 3 is 2.27 bits per heavy atom. The summed E-state index contributed by atoms with van der Waals surface area (Å²) in [5.41, 5.74) is 0. The standard InChI is InChI=1S/C9H19NO/c1-5-7(3)8(4)10-9(11)6-2/h7-8H,5-6H2,1-4H3,(H,10,11)/t7?,8-/m1/s1. The molecule has 2 heteroatoms. The fourth-order valence-corrected chi connectivity index (χ4v) is 0.852. The van der Waals surface area contributed by atoms with Gasteiger partial charge in [0.2, 0.25) is 5.91 Å². The van der Waals surface area contributed by atoms with Crippen molar-refractivity contribution < 1.29 is 4.79 Å². The molecule has 0 radical (unpaired) electrons. The van der Waals surface area contributed by atoms with Crippen LogP contribution in [0.25, 0.3) is 0 Å². The number of nitrogens with one attached hydrogen (secondary N) is 1. The number of hydrogen-bond acceptors (Lipinski definition) is 1. The average molecular weight is 157 g/mol. The molecule has 0 aliphatic heterocycles. The van der Waals surface area contributed by atoms with Crippen LogP contribution >= 0.6 is 0 Å². The molecule has 1 N–H and O–H groups in total. The first-order valence-electron chi connectivity index (χ1n) is 4.41. The zero-order valence-corrected chi connectivity index (χ0v) is 7.98. The second kappa shape index (κ2) is 5.16. The molecule has 2 nitrogen and oxygen atoms in total. The van der Waals surface area contributed by atoms with Crippen LogP contribution < -0.4 is 5.32 Å². The van der Waals surface area contributed by atoms with E-state index >= 15 is 0 Å². The summed E-state index contributed by atoms with van der Waals surface area (Å²) in [6.07, 6.45) is 1.70. The molecule has 0 aromatic carbocycles. The summed E-state index contributed by atoms with van der Waals surface area (Å²) in [7, 11) is 0. The average Bonchev–Trinajstić information content (AvgIpc) is 2.02. The Kier molecular flexibility index (Phi) is 4.92. The van der Waals surface area contributed by atoms with Crippen molar-refractivity contribution in [1.29, 1.82) is 0 Å². The molecule has 0 aromatic heterocycles. The summed E-state index contributed by atoms with van der Waals surface area (Å²) in [5.74, 6) is 0.725. The molecular weight excluding hydrogens is 138 g/mol. The number of rotatable bonds is 4. The molecular formula is C9H19NO. The molecule has 0 bridgehead atoms. The van der Waals surface area contributed by atoms with E-state index in [2.05, 4.69) is 26.1 Å². The molecule has 0 spiro atoms. The highest BCUT2D eigenvalue weighted by Crippen LogP contribution is 2.06. The minimum Gasteiger partial charge on any atom is -0.353 e. The van der Waals surface area contributed by atoms with Gasteiger partial charge in [0.05, 0.1) is 0 Å². The van der Waals surface area contributed by atoms with Gasteiger partial charge in [0, 0.05) is 12.5 Å². The highest BCUT2D eigenvalue weighted by molar-refractivity contribution is 5.75. The van der Waals surface area contributed by atoms with Gasteiger partial charge in [0.25, 0.3) is 0 Å². The van der Waals surface area contributed by atoms with Crippen LogP contribution in [0.2, 0.25) is 0 Å². The van der Waals surface area contributed by atoms with E-state index in [1.807, 2.05) is 6.92 Å². The number of amides is 1. The second-order valence-electron chi connectivity index (χ2n) is 3.10. The largest absolute Gasteiger partial charge is 0.353 e. The Hall–Kier alpha value is -0.530. The lowest BCUT2D eigenvalue weighted by Crippen LogP contribution is -2.36. The maximum Gasteiger partial charge on any atom is 0.219 e. The third-order valence-corrected chi connectivity index (χ3v) is 2.21. The Bertz CT molecular complexity index is 123. The van der Waals surface area contributed by atoms with E-state index < -0.39 is 0 Å². The third kappa shape index (κ3) is 4.02. The summed E-state index contributed by atoms with van der Waals surface area (Å²) >= 11 is 0. The van der Waals surface area contributed by atoms with Crippen LogP contribution in [0.15, 0.2) is 0 Å². The molecule has 1 unspecified atom stereocenters. The zero-order chi connectivity index (χ0) is 8.85. The lowest BCUT2D eigenvalue weighted by Gasteiger charge is -2.19. The number of hydrogen-bond donors (Lipinski definition) is 1. The minimum atomic E-state index is 0.151. The van der Waals surface area contributed by atoms with Gasteiger partial charge in [-0.2, -0.15) is 0 Å². The summed E-state index contributed by atoms with van der Waals surface area (Å²) in [5, 5.41) is 2.94. The van der Waals surface area contributed by atoms with Gasteiger partial charge in [0.1, 0.15) is 0 Å². The molecule has 0 heterocycles. The van der Waals surface area contributed by atoms with Gasteiger partial charge in [-0.25, -0.2) is 0 Å². The van der Waals surface area contributed by atoms with Crippen LogP contribution in [0, 0.1) is 5.92 Å². The van der Waals surface area contributed by atoms with Crippen molar-refractivity contribution in [2.24, 2.45) is 5.92 Å². The fourth-order valence-electron chi connectivity index (χ4n) is 0.852. The van der Waals surface area contributed by atoms with Gasteiger partial charge in [-0.1, -0.05) is 27.2 Å². The Labute approximate surface area is 69.4 Å². The van der Waals surface area contributed by atoms with Gasteiger partial charge in [-0.3, -0.25) is 4.79 Å². The van der Waals surface area contributed by atoms with Crippen molar-refractivity contribution in [3.63, 3.8) is 0 Å². The van der Waals surface area contributed by atoms with Crippen molar-refractivity contribution in [3.8, 4) is 0 Å². The van der Waals surface area contributed by atoms with E-state index in [0.29, 0.717) is 18.4 Å². The SMILES string of the molecule is CCC(=O)N[C@H](C)C(C)CC. The molecule has 66 valence electrons. The first-order chi connectivity index (χ1) is 5.11. The summed E-state index contributed by atoms with van der Waals surface area (Å²) < 4.78 is 0. The first-order valence-corrected chi connectivity index (χ1v) is 4.41. The summed E-state index contributed by atoms with van der Waals surface area (Å²) in [4.78, 5) is 10.9. The van der Waals surface area contributed by atoms with E-state index in [1.165, 1.54) is 0 Å². The van der Waals surface area contributed by atoms with Gasteiger partial charge < -0.3 is 5.32 Å². The fraction of sp³-hybridized carbons (Fsp3) is 0.889. The lowest BCUT2D eigenvalue weighted by molar-refractivity contribution is -0.121. The maximum atomic E-state index is 10.9. The van der Waals surface area contributed by atoms with Gasteiger partial charge in [-0.05, 0) is 12.8 Å². The first kappa shape index (κ1) is 10.5. The molecule has 0 rings (SSSR count). The van der Waals surface area contributed by atoms with Crippen molar-refractivity contribution in [2.75, 3.05) is 0 Å². The Balaban J connectivity index is 3.67. The van der Waals surface area contributed by atoms with E-state index in [4.69, 9.17) is 0 Å². The highest BCUT2D eigenvalue weighted by atomic mass is 16.1. The van der Waals surface area contributed by atoms with E-state index in [0.717, 1.165) is 6.42 Å². The molecule has 11 heavy (non-hydrogen) atoms. The predicted octanol–water partition coefficient (Wildman–Crippen LogP) is 1.95. The van der Waals surface area contributed by atoms with Gasteiger partial charge >= 0.3 is 0 Å². The molecule has 0 aliphatic rings. The van der Waals surface area contributed by atoms with Crippen LogP contribution in [0.4, 0.5) is 0 Å². The normalized spacial score (nSPS) is 15.6. The second-order valence-corrected chi connectivity index (χ2v) is 3.10. The summed E-state index contributed by atoms with van der Waals surface area (Å²) in [6.45, 7) is 8.22. The van der Waals surface area contributed by atoms with Crippen LogP contribution in [0.3, 0.4) is 0 Å². The molecule has 0 saturated carbocycles. The van der Waals surface area contributed by atoms with Gasteiger partial charge in [-0.15, -0.1) is 0 Å². The monoisotopic (exact) mass is 157 g/mol. The Morgan fingerprint density at radius 2 is 1.91 bits per heavy atom. The highest BCUT2D eigenvalue weighted by Gasteiger charge is 2.10.